The van der Waals surface area contributed by atoms with E-state index < -0.39 is 11.7 Å². The van der Waals surface area contributed by atoms with Gasteiger partial charge in [0.05, 0.1) is 23.7 Å². The molecule has 1 aliphatic rings. The van der Waals surface area contributed by atoms with E-state index >= 15 is 0 Å². The molecule has 0 atom stereocenters. The molecule has 1 amide bonds. The second-order valence-electron chi connectivity index (χ2n) is 5.36. The number of methoxy groups -OCH3 is 1. The van der Waals surface area contributed by atoms with Crippen LogP contribution in [-0.4, -0.2) is 28.4 Å². The lowest BCUT2D eigenvalue weighted by Crippen LogP contribution is -2.21. The number of para-hydroxylation sites is 1. The van der Waals surface area contributed by atoms with Crippen molar-refractivity contribution >= 4 is 22.6 Å². The van der Waals surface area contributed by atoms with E-state index in [2.05, 4.69) is 4.98 Å². The minimum atomic E-state index is -0.645. The van der Waals surface area contributed by atoms with Crippen LogP contribution < -0.4 is 16.0 Å². The highest BCUT2D eigenvalue weighted by atomic mass is 16.5. The van der Waals surface area contributed by atoms with Crippen LogP contribution in [0.4, 0.5) is 0 Å². The van der Waals surface area contributed by atoms with Crippen LogP contribution in [0.2, 0.25) is 0 Å². The molecule has 2 heterocycles. The first-order valence-electron chi connectivity index (χ1n) is 7.11. The Morgan fingerprint density at radius 2 is 2.00 bits per heavy atom. The number of aromatic nitrogens is 2. The highest BCUT2D eigenvalue weighted by molar-refractivity contribution is 6.14. The first-order valence-corrected chi connectivity index (χ1v) is 7.11. The van der Waals surface area contributed by atoms with Crippen molar-refractivity contribution in [2.24, 2.45) is 5.73 Å². The van der Waals surface area contributed by atoms with Gasteiger partial charge < -0.3 is 10.5 Å². The summed E-state index contributed by atoms with van der Waals surface area (Å²) in [4.78, 5) is 41.1. The summed E-state index contributed by atoms with van der Waals surface area (Å²) < 4.78 is 6.48. The molecule has 7 nitrogen and oxygen atoms in total. The second kappa shape index (κ2) is 4.76. The van der Waals surface area contributed by atoms with Gasteiger partial charge in [-0.25, -0.2) is 4.98 Å². The molecule has 2 aromatic carbocycles. The normalized spacial score (nSPS) is 12.1. The van der Waals surface area contributed by atoms with E-state index in [4.69, 9.17) is 10.5 Å². The van der Waals surface area contributed by atoms with E-state index in [9.17, 15) is 14.4 Å². The molecule has 2 N–H and O–H groups in total. The van der Waals surface area contributed by atoms with Crippen molar-refractivity contribution in [1.29, 1.82) is 0 Å². The zero-order chi connectivity index (χ0) is 17.0. The van der Waals surface area contributed by atoms with Gasteiger partial charge >= 0.3 is 0 Å². The van der Waals surface area contributed by atoms with Crippen LogP contribution in [0, 0.1) is 0 Å². The maximum Gasteiger partial charge on any atom is 0.266 e. The van der Waals surface area contributed by atoms with Crippen molar-refractivity contribution in [3.63, 3.8) is 0 Å². The number of amides is 1. The van der Waals surface area contributed by atoms with Crippen LogP contribution in [0.25, 0.3) is 16.6 Å². The summed E-state index contributed by atoms with van der Waals surface area (Å²) in [6.45, 7) is 0. The topological polar surface area (TPSA) is 104 Å². The average Bonchev–Trinajstić information content (AvgIpc) is 2.87. The van der Waals surface area contributed by atoms with Crippen LogP contribution in [0.15, 0.2) is 41.2 Å². The number of carbonyl (C=O) groups excluding carboxylic acids is 2. The number of benzene rings is 2. The predicted octanol–water partition coefficient (Wildman–Crippen LogP) is 1.04. The van der Waals surface area contributed by atoms with E-state index in [1.807, 2.05) is 0 Å². The summed E-state index contributed by atoms with van der Waals surface area (Å²) >= 11 is 0. The monoisotopic (exact) mass is 321 g/mol. The van der Waals surface area contributed by atoms with Crippen LogP contribution in [0.3, 0.4) is 0 Å². The fraction of sp³-hybridized carbons (Fsp3) is 0.0588. The minimum Gasteiger partial charge on any atom is -0.494 e. The molecule has 0 bridgehead atoms. The number of nitrogens with two attached hydrogens (primary N) is 1. The van der Waals surface area contributed by atoms with Gasteiger partial charge in [0.1, 0.15) is 11.3 Å². The Hall–Kier alpha value is -3.48. The van der Waals surface area contributed by atoms with E-state index in [0.717, 1.165) is 0 Å². The van der Waals surface area contributed by atoms with Gasteiger partial charge in [-0.15, -0.1) is 0 Å². The molecular formula is C17H11N3O4. The van der Waals surface area contributed by atoms with Crippen molar-refractivity contribution in [3.8, 4) is 11.4 Å². The SMILES string of the molecule is COc1cccc2c(=O)n3c(nc12)C(=O)c1cc(C(N)=O)ccc1-3. The zero-order valence-corrected chi connectivity index (χ0v) is 12.6. The Balaban J connectivity index is 2.09. The Bertz CT molecular complexity index is 1110. The van der Waals surface area contributed by atoms with Gasteiger partial charge in [0, 0.05) is 5.56 Å². The minimum absolute atomic E-state index is 0.00591. The second-order valence-corrected chi connectivity index (χ2v) is 5.36. The van der Waals surface area contributed by atoms with Gasteiger partial charge in [-0.1, -0.05) is 6.07 Å². The first kappa shape index (κ1) is 14.1. The van der Waals surface area contributed by atoms with Crippen LogP contribution in [-0.2, 0) is 0 Å². The number of rotatable bonds is 2. The van der Waals surface area contributed by atoms with Crippen molar-refractivity contribution < 1.29 is 14.3 Å². The highest BCUT2D eigenvalue weighted by Gasteiger charge is 2.31. The molecule has 1 aliphatic heterocycles. The third-order valence-electron chi connectivity index (χ3n) is 4.05. The molecule has 0 aliphatic carbocycles. The number of hydrogen-bond acceptors (Lipinski definition) is 5. The fourth-order valence-electron chi connectivity index (χ4n) is 2.91. The van der Waals surface area contributed by atoms with Gasteiger partial charge in [0.25, 0.3) is 5.56 Å². The van der Waals surface area contributed by atoms with Crippen LogP contribution >= 0.6 is 0 Å². The molecule has 0 unspecified atom stereocenters. The summed E-state index contributed by atoms with van der Waals surface area (Å²) in [7, 11) is 1.47. The molecule has 0 saturated heterocycles. The summed E-state index contributed by atoms with van der Waals surface area (Å²) in [6.07, 6.45) is 0. The fourth-order valence-corrected chi connectivity index (χ4v) is 2.91. The maximum absolute atomic E-state index is 12.8. The molecule has 0 saturated carbocycles. The lowest BCUT2D eigenvalue weighted by atomic mass is 10.1. The molecule has 3 aromatic rings. The van der Waals surface area contributed by atoms with Gasteiger partial charge in [0.2, 0.25) is 11.7 Å². The highest BCUT2D eigenvalue weighted by Crippen LogP contribution is 2.29. The van der Waals surface area contributed by atoms with E-state index in [-0.39, 0.29) is 22.5 Å². The van der Waals surface area contributed by atoms with Gasteiger partial charge in [-0.3, -0.25) is 19.0 Å². The molecule has 4 rings (SSSR count). The Labute approximate surface area is 135 Å². The number of ether oxygens (including phenoxy) is 1. The smallest absolute Gasteiger partial charge is 0.266 e. The van der Waals surface area contributed by atoms with E-state index in [1.165, 1.54) is 29.9 Å². The number of ketones is 1. The third-order valence-corrected chi connectivity index (χ3v) is 4.05. The maximum atomic E-state index is 12.8. The van der Waals surface area contributed by atoms with Gasteiger partial charge in [0.15, 0.2) is 5.82 Å². The molecule has 0 radical (unpaired) electrons. The number of carbonyl (C=O) groups is 2. The molecular weight excluding hydrogens is 310 g/mol. The first-order chi connectivity index (χ1) is 11.5. The molecule has 1 aromatic heterocycles. The molecule has 0 fully saturated rings. The Morgan fingerprint density at radius 1 is 1.21 bits per heavy atom. The molecule has 7 heteroatoms. The van der Waals surface area contributed by atoms with E-state index in [0.29, 0.717) is 22.3 Å². The van der Waals surface area contributed by atoms with Crippen molar-refractivity contribution in [3.05, 3.63) is 63.7 Å². The summed E-state index contributed by atoms with van der Waals surface area (Å²) in [5.41, 5.74) is 6.03. The Kier molecular flexibility index (Phi) is 2.80. The predicted molar refractivity (Wildman–Crippen MR) is 85.8 cm³/mol. The lowest BCUT2D eigenvalue weighted by molar-refractivity contribution is 0.1000. The van der Waals surface area contributed by atoms with Crippen LogP contribution in [0.5, 0.6) is 5.75 Å². The Morgan fingerprint density at radius 3 is 2.71 bits per heavy atom. The summed E-state index contributed by atoms with van der Waals surface area (Å²) in [5, 5.41) is 0.345. The van der Waals surface area contributed by atoms with Gasteiger partial charge in [-0.2, -0.15) is 0 Å². The van der Waals surface area contributed by atoms with Crippen molar-refractivity contribution in [2.75, 3.05) is 7.11 Å². The van der Waals surface area contributed by atoms with E-state index in [1.54, 1.807) is 18.2 Å². The summed E-state index contributed by atoms with van der Waals surface area (Å²) in [5.74, 6) is -0.671. The largest absolute Gasteiger partial charge is 0.494 e. The van der Waals surface area contributed by atoms with Crippen LogP contribution in [0.1, 0.15) is 26.5 Å². The van der Waals surface area contributed by atoms with Crippen molar-refractivity contribution in [2.45, 2.75) is 0 Å². The summed E-state index contributed by atoms with van der Waals surface area (Å²) in [6, 6.07) is 9.37. The molecule has 24 heavy (non-hydrogen) atoms. The van der Waals surface area contributed by atoms with Gasteiger partial charge in [-0.05, 0) is 30.3 Å². The molecule has 118 valence electrons. The lowest BCUT2D eigenvalue weighted by Gasteiger charge is -2.08. The standard InChI is InChI=1S/C17H11N3O4/c1-24-12-4-2-3-9-13(12)19-16-14(21)10-7-8(15(18)22)5-6-11(10)20(16)17(9)23/h2-7H,1H3,(H2,18,22). The molecule has 0 spiro atoms. The quantitative estimate of drug-likeness (QED) is 0.594. The number of fused-ring (bicyclic) bond motifs is 4. The number of hydrogen-bond donors (Lipinski definition) is 1. The number of primary amides is 1. The zero-order valence-electron chi connectivity index (χ0n) is 12.6. The average molecular weight is 321 g/mol. The van der Waals surface area contributed by atoms with Crippen molar-refractivity contribution in [1.82, 2.24) is 9.55 Å². The third kappa shape index (κ3) is 1.72. The number of nitrogens with zero attached hydrogens (tertiary/aromatic N) is 2.